The summed E-state index contributed by atoms with van der Waals surface area (Å²) in [6.45, 7) is 0. The van der Waals surface area contributed by atoms with Gasteiger partial charge >= 0.3 is 5.97 Å². The Morgan fingerprint density at radius 2 is 2.33 bits per heavy atom. The number of nitrogens with zero attached hydrogens (tertiary/aromatic N) is 2. The first kappa shape index (κ1) is 11.4. The van der Waals surface area contributed by atoms with Gasteiger partial charge in [-0.15, -0.1) is 22.7 Å². The maximum absolute atomic E-state index is 10.6. The van der Waals surface area contributed by atoms with Crippen molar-refractivity contribution in [1.29, 1.82) is 0 Å². The molecule has 0 aliphatic heterocycles. The van der Waals surface area contributed by atoms with Crippen LogP contribution in [0.5, 0.6) is 0 Å². The van der Waals surface area contributed by atoms with E-state index in [4.69, 9.17) is 5.11 Å². The van der Waals surface area contributed by atoms with Crippen LogP contribution in [0.3, 0.4) is 0 Å². The number of carbonyl (C=O) groups is 1. The smallest absolute Gasteiger partial charge is 0.303 e. The second-order valence-corrected chi connectivity index (χ2v) is 5.66. The molecule has 0 saturated carbocycles. The summed E-state index contributed by atoms with van der Waals surface area (Å²) in [7, 11) is 0. The maximum atomic E-state index is 10.6. The SMILES string of the molecule is O=C(O)CCc1csc2nc(-c3cccs3)cn12. The fourth-order valence-corrected chi connectivity index (χ4v) is 3.37. The molecule has 0 radical (unpaired) electrons. The van der Waals surface area contributed by atoms with Crippen molar-refractivity contribution in [2.24, 2.45) is 0 Å². The summed E-state index contributed by atoms with van der Waals surface area (Å²) in [5, 5.41) is 12.7. The molecule has 0 amide bonds. The van der Waals surface area contributed by atoms with Gasteiger partial charge in [0.25, 0.3) is 0 Å². The largest absolute Gasteiger partial charge is 0.481 e. The van der Waals surface area contributed by atoms with Crippen LogP contribution >= 0.6 is 22.7 Å². The van der Waals surface area contributed by atoms with Crippen molar-refractivity contribution in [2.45, 2.75) is 12.8 Å². The van der Waals surface area contributed by atoms with Crippen LogP contribution in [0.1, 0.15) is 12.1 Å². The highest BCUT2D eigenvalue weighted by Gasteiger charge is 2.10. The summed E-state index contributed by atoms with van der Waals surface area (Å²) in [5.41, 5.74) is 1.96. The Kier molecular flexibility index (Phi) is 2.89. The van der Waals surface area contributed by atoms with Crippen LogP contribution in [0.15, 0.2) is 29.1 Å². The molecule has 0 aliphatic carbocycles. The van der Waals surface area contributed by atoms with Gasteiger partial charge in [0.1, 0.15) is 5.69 Å². The summed E-state index contributed by atoms with van der Waals surface area (Å²) in [4.78, 5) is 17.2. The number of fused-ring (bicyclic) bond motifs is 1. The first-order chi connectivity index (χ1) is 8.74. The molecule has 0 atom stereocenters. The van der Waals surface area contributed by atoms with Crippen molar-refractivity contribution in [2.75, 3.05) is 0 Å². The lowest BCUT2D eigenvalue weighted by Gasteiger charge is -1.95. The molecule has 0 saturated heterocycles. The lowest BCUT2D eigenvalue weighted by molar-refractivity contribution is -0.136. The number of thiophene rings is 1. The number of aliphatic carboxylic acids is 1. The Bertz CT molecular complexity index is 682. The van der Waals surface area contributed by atoms with Crippen molar-refractivity contribution in [3.8, 4) is 10.6 Å². The first-order valence-corrected chi connectivity index (χ1v) is 7.21. The van der Waals surface area contributed by atoms with Crippen LogP contribution in [-0.2, 0) is 11.2 Å². The normalized spacial score (nSPS) is 11.1. The van der Waals surface area contributed by atoms with E-state index in [0.717, 1.165) is 21.2 Å². The van der Waals surface area contributed by atoms with Crippen LogP contribution in [-0.4, -0.2) is 20.5 Å². The predicted octanol–water partition coefficient (Wildman–Crippen LogP) is 3.14. The summed E-state index contributed by atoms with van der Waals surface area (Å²) in [6.07, 6.45) is 2.67. The molecule has 92 valence electrons. The Morgan fingerprint density at radius 1 is 1.44 bits per heavy atom. The zero-order valence-electron chi connectivity index (χ0n) is 9.37. The monoisotopic (exact) mass is 278 g/mol. The van der Waals surface area contributed by atoms with Crippen LogP contribution in [0.25, 0.3) is 15.5 Å². The number of imidazole rings is 1. The highest BCUT2D eigenvalue weighted by Crippen LogP contribution is 2.27. The topological polar surface area (TPSA) is 54.6 Å². The Morgan fingerprint density at radius 3 is 3.06 bits per heavy atom. The average molecular weight is 278 g/mol. The van der Waals surface area contributed by atoms with Crippen molar-refractivity contribution in [3.63, 3.8) is 0 Å². The van der Waals surface area contributed by atoms with Gasteiger partial charge < -0.3 is 5.11 Å². The van der Waals surface area contributed by atoms with Crippen LogP contribution in [0.2, 0.25) is 0 Å². The minimum atomic E-state index is -0.770. The number of aryl methyl sites for hydroxylation is 1. The standard InChI is InChI=1S/C12H10N2O2S2/c15-11(16)4-3-8-7-18-12-13-9(6-14(8)12)10-2-1-5-17-10/h1-2,5-7H,3-4H2,(H,15,16). The van der Waals surface area contributed by atoms with Gasteiger partial charge in [-0.05, 0) is 17.9 Å². The molecule has 4 nitrogen and oxygen atoms in total. The van der Waals surface area contributed by atoms with Crippen LogP contribution in [0.4, 0.5) is 0 Å². The molecule has 0 aromatic carbocycles. The minimum Gasteiger partial charge on any atom is -0.481 e. The van der Waals surface area contributed by atoms with E-state index in [2.05, 4.69) is 4.98 Å². The van der Waals surface area contributed by atoms with Crippen LogP contribution < -0.4 is 0 Å². The lowest BCUT2D eigenvalue weighted by Crippen LogP contribution is -1.99. The average Bonchev–Trinajstić information content (AvgIpc) is 3.02. The van der Waals surface area contributed by atoms with Gasteiger partial charge in [0.15, 0.2) is 4.96 Å². The number of aromatic nitrogens is 2. The first-order valence-electron chi connectivity index (χ1n) is 5.45. The Hall–Kier alpha value is -1.66. The zero-order chi connectivity index (χ0) is 12.5. The zero-order valence-corrected chi connectivity index (χ0v) is 11.0. The van der Waals surface area contributed by atoms with Gasteiger partial charge in [0, 0.05) is 17.3 Å². The molecule has 0 bridgehead atoms. The van der Waals surface area contributed by atoms with Gasteiger partial charge in [-0.25, -0.2) is 4.98 Å². The van der Waals surface area contributed by atoms with Gasteiger partial charge in [-0.2, -0.15) is 0 Å². The fraction of sp³-hybridized carbons (Fsp3) is 0.167. The Balaban J connectivity index is 1.95. The van der Waals surface area contributed by atoms with Crippen LogP contribution in [0, 0.1) is 0 Å². The second kappa shape index (κ2) is 4.55. The molecule has 3 rings (SSSR count). The molecular formula is C12H10N2O2S2. The quantitative estimate of drug-likeness (QED) is 0.797. The second-order valence-electron chi connectivity index (χ2n) is 3.88. The van der Waals surface area contributed by atoms with Crippen molar-refractivity contribution >= 4 is 33.6 Å². The van der Waals surface area contributed by atoms with Gasteiger partial charge in [-0.1, -0.05) is 6.07 Å². The summed E-state index contributed by atoms with van der Waals surface area (Å²) in [6, 6.07) is 4.03. The minimum absolute atomic E-state index is 0.151. The number of hydrogen-bond donors (Lipinski definition) is 1. The maximum Gasteiger partial charge on any atom is 0.303 e. The van der Waals surface area contributed by atoms with Crippen molar-refractivity contribution in [3.05, 3.63) is 34.8 Å². The highest BCUT2D eigenvalue weighted by molar-refractivity contribution is 7.15. The van der Waals surface area contributed by atoms with E-state index < -0.39 is 5.97 Å². The van der Waals surface area contributed by atoms with Crippen molar-refractivity contribution in [1.82, 2.24) is 9.38 Å². The Labute approximate surface area is 111 Å². The molecule has 0 unspecified atom stereocenters. The molecule has 1 N–H and O–H groups in total. The van der Waals surface area contributed by atoms with E-state index in [1.165, 1.54) is 0 Å². The van der Waals surface area contributed by atoms with E-state index >= 15 is 0 Å². The van der Waals surface area contributed by atoms with Gasteiger partial charge in [0.2, 0.25) is 0 Å². The summed E-state index contributed by atoms with van der Waals surface area (Å²) >= 11 is 3.20. The number of carboxylic acids is 1. The number of rotatable bonds is 4. The van der Waals surface area contributed by atoms with Gasteiger partial charge in [-0.3, -0.25) is 9.20 Å². The molecule has 3 heterocycles. The molecule has 6 heteroatoms. The van der Waals surface area contributed by atoms with E-state index in [1.807, 2.05) is 33.5 Å². The van der Waals surface area contributed by atoms with E-state index in [9.17, 15) is 4.79 Å². The molecule has 0 spiro atoms. The predicted molar refractivity (Wildman–Crippen MR) is 72.3 cm³/mol. The molecule has 0 fully saturated rings. The summed E-state index contributed by atoms with van der Waals surface area (Å²) < 4.78 is 1.99. The fourth-order valence-electron chi connectivity index (χ4n) is 1.79. The number of carboxylic acid groups (broad SMARTS) is 1. The highest BCUT2D eigenvalue weighted by atomic mass is 32.1. The third kappa shape index (κ3) is 2.04. The van der Waals surface area contributed by atoms with Gasteiger partial charge in [0.05, 0.1) is 11.3 Å². The van der Waals surface area contributed by atoms with E-state index in [1.54, 1.807) is 22.7 Å². The number of thiazole rings is 1. The van der Waals surface area contributed by atoms with E-state index in [0.29, 0.717) is 6.42 Å². The number of hydrogen-bond acceptors (Lipinski definition) is 4. The molecule has 3 aromatic heterocycles. The lowest BCUT2D eigenvalue weighted by atomic mass is 10.2. The molecular weight excluding hydrogens is 268 g/mol. The molecule has 3 aromatic rings. The third-order valence-electron chi connectivity index (χ3n) is 2.65. The van der Waals surface area contributed by atoms with Crippen molar-refractivity contribution < 1.29 is 9.90 Å². The molecule has 0 aliphatic rings. The molecule has 18 heavy (non-hydrogen) atoms. The van der Waals surface area contributed by atoms with E-state index in [-0.39, 0.29) is 6.42 Å². The summed E-state index contributed by atoms with van der Waals surface area (Å²) in [5.74, 6) is -0.770. The third-order valence-corrected chi connectivity index (χ3v) is 4.43.